The van der Waals surface area contributed by atoms with Crippen molar-refractivity contribution >= 4 is 11.8 Å². The Hall–Kier alpha value is -2.55. The molecule has 0 aliphatic rings. The van der Waals surface area contributed by atoms with Gasteiger partial charge in [-0.05, 0) is 19.1 Å². The topological polar surface area (TPSA) is 37.8 Å². The lowest BCUT2D eigenvalue weighted by Gasteiger charge is -2.06. The number of aromatic amines is 1. The number of halogens is 5. The summed E-state index contributed by atoms with van der Waals surface area (Å²) in [6.07, 6.45) is 0. The minimum absolute atomic E-state index is 0.174. The molecule has 0 saturated carbocycles. The van der Waals surface area contributed by atoms with Crippen LogP contribution in [0.5, 0.6) is 0 Å². The fourth-order valence-electron chi connectivity index (χ4n) is 2.19. The Morgan fingerprint density at radius 3 is 1.92 bits per heavy atom. The van der Waals surface area contributed by atoms with Gasteiger partial charge in [-0.1, -0.05) is 30.0 Å². The molecule has 0 bridgehead atoms. The quantitative estimate of drug-likeness (QED) is 0.422. The van der Waals surface area contributed by atoms with Gasteiger partial charge in [0.05, 0.1) is 10.6 Å². The molecular formula is C16H9F5N2OS. The van der Waals surface area contributed by atoms with Crippen LogP contribution in [0.25, 0.3) is 5.69 Å². The summed E-state index contributed by atoms with van der Waals surface area (Å²) in [4.78, 5) is 11.2. The standard InChI is InChI=1S/C16H9F5N2OS/c1-7-14(16(24)23(22-7)8-5-3-2-4-6-8)25-15-12(20)10(18)9(17)11(19)13(15)21/h2-6,22H,1H3. The zero-order chi connectivity index (χ0) is 18.3. The molecule has 0 spiro atoms. The van der Waals surface area contributed by atoms with Crippen molar-refractivity contribution in [2.24, 2.45) is 0 Å². The van der Waals surface area contributed by atoms with Crippen LogP contribution < -0.4 is 5.56 Å². The molecule has 0 atom stereocenters. The van der Waals surface area contributed by atoms with E-state index in [0.717, 1.165) is 4.68 Å². The molecule has 0 aliphatic carbocycles. The van der Waals surface area contributed by atoms with Gasteiger partial charge in [0.2, 0.25) is 5.82 Å². The van der Waals surface area contributed by atoms with E-state index in [1.54, 1.807) is 30.3 Å². The number of aryl methyl sites for hydroxylation is 1. The van der Waals surface area contributed by atoms with Gasteiger partial charge >= 0.3 is 0 Å². The number of hydrogen-bond donors (Lipinski definition) is 1. The van der Waals surface area contributed by atoms with E-state index >= 15 is 0 Å². The third-order valence-electron chi connectivity index (χ3n) is 3.41. The molecule has 3 rings (SSSR count). The molecule has 0 radical (unpaired) electrons. The van der Waals surface area contributed by atoms with E-state index in [9.17, 15) is 26.7 Å². The molecule has 130 valence electrons. The first-order chi connectivity index (χ1) is 11.8. The molecule has 1 aromatic heterocycles. The zero-order valence-corrected chi connectivity index (χ0v) is 13.4. The molecule has 9 heteroatoms. The van der Waals surface area contributed by atoms with Crippen molar-refractivity contribution in [3.8, 4) is 5.69 Å². The van der Waals surface area contributed by atoms with Crippen LogP contribution in [0.1, 0.15) is 5.69 Å². The maximum absolute atomic E-state index is 13.8. The molecule has 1 heterocycles. The van der Waals surface area contributed by atoms with Crippen LogP contribution in [0.4, 0.5) is 22.0 Å². The Kier molecular flexibility index (Phi) is 4.42. The highest BCUT2D eigenvalue weighted by Gasteiger charge is 2.28. The van der Waals surface area contributed by atoms with Crippen LogP contribution in [0.2, 0.25) is 0 Å². The molecule has 2 aromatic carbocycles. The van der Waals surface area contributed by atoms with E-state index in [-0.39, 0.29) is 22.4 Å². The van der Waals surface area contributed by atoms with Crippen LogP contribution in [0.3, 0.4) is 0 Å². The van der Waals surface area contributed by atoms with Crippen LogP contribution >= 0.6 is 11.8 Å². The summed E-state index contributed by atoms with van der Waals surface area (Å²) in [7, 11) is 0. The lowest BCUT2D eigenvalue weighted by Crippen LogP contribution is -2.15. The maximum atomic E-state index is 13.8. The van der Waals surface area contributed by atoms with Gasteiger partial charge < -0.3 is 0 Å². The number of nitrogens with one attached hydrogen (secondary N) is 1. The third-order valence-corrected chi connectivity index (χ3v) is 4.65. The molecule has 0 amide bonds. The predicted molar refractivity (Wildman–Crippen MR) is 81.5 cm³/mol. The van der Waals surface area contributed by atoms with Crippen LogP contribution in [-0.2, 0) is 0 Å². The van der Waals surface area contributed by atoms with Crippen molar-refractivity contribution in [3.63, 3.8) is 0 Å². The Labute approximate surface area is 142 Å². The minimum Gasteiger partial charge on any atom is -0.294 e. The number of para-hydroxylation sites is 1. The summed E-state index contributed by atoms with van der Waals surface area (Å²) >= 11 is 0.185. The summed E-state index contributed by atoms with van der Waals surface area (Å²) in [5, 5.41) is 2.71. The van der Waals surface area contributed by atoms with E-state index in [0.29, 0.717) is 5.69 Å². The average molecular weight is 372 g/mol. The van der Waals surface area contributed by atoms with Gasteiger partial charge in [0.15, 0.2) is 23.3 Å². The normalized spacial score (nSPS) is 11.1. The average Bonchev–Trinajstić information content (AvgIpc) is 2.90. The molecule has 0 unspecified atom stereocenters. The van der Waals surface area contributed by atoms with Gasteiger partial charge in [-0.25, -0.2) is 26.6 Å². The van der Waals surface area contributed by atoms with Gasteiger partial charge in [-0.15, -0.1) is 0 Å². The lowest BCUT2D eigenvalue weighted by molar-refractivity contribution is 0.361. The Balaban J connectivity index is 2.12. The molecular weight excluding hydrogens is 363 g/mol. The van der Waals surface area contributed by atoms with E-state index in [4.69, 9.17) is 0 Å². The second-order valence-electron chi connectivity index (χ2n) is 5.04. The summed E-state index contributed by atoms with van der Waals surface area (Å²) in [6, 6.07) is 8.31. The zero-order valence-electron chi connectivity index (χ0n) is 12.5. The van der Waals surface area contributed by atoms with Crippen molar-refractivity contribution in [3.05, 3.63) is 75.5 Å². The largest absolute Gasteiger partial charge is 0.294 e. The molecule has 25 heavy (non-hydrogen) atoms. The number of aromatic nitrogens is 2. The monoisotopic (exact) mass is 372 g/mol. The van der Waals surface area contributed by atoms with Gasteiger partial charge in [0.1, 0.15) is 4.90 Å². The van der Waals surface area contributed by atoms with Crippen molar-refractivity contribution in [2.45, 2.75) is 16.7 Å². The fraction of sp³-hybridized carbons (Fsp3) is 0.0625. The van der Waals surface area contributed by atoms with Crippen molar-refractivity contribution in [1.29, 1.82) is 0 Å². The molecule has 1 N–H and O–H groups in total. The first-order valence-electron chi connectivity index (χ1n) is 6.89. The Bertz CT molecular complexity index is 985. The number of benzene rings is 2. The summed E-state index contributed by atoms with van der Waals surface area (Å²) in [6.45, 7) is 1.45. The molecule has 3 aromatic rings. The SMILES string of the molecule is Cc1[nH]n(-c2ccccc2)c(=O)c1Sc1c(F)c(F)c(F)c(F)c1F. The molecule has 0 aliphatic heterocycles. The minimum atomic E-state index is -2.24. The summed E-state index contributed by atoms with van der Waals surface area (Å²) in [5.41, 5.74) is 0.0142. The highest BCUT2D eigenvalue weighted by Crippen LogP contribution is 2.35. The fourth-order valence-corrected chi connectivity index (χ4v) is 3.13. The van der Waals surface area contributed by atoms with Gasteiger partial charge in [0.25, 0.3) is 5.56 Å². The van der Waals surface area contributed by atoms with Crippen LogP contribution in [0, 0.1) is 36.0 Å². The summed E-state index contributed by atoms with van der Waals surface area (Å²) in [5.74, 6) is -10.3. The summed E-state index contributed by atoms with van der Waals surface area (Å²) < 4.78 is 68.5. The maximum Gasteiger partial charge on any atom is 0.285 e. The van der Waals surface area contributed by atoms with Crippen molar-refractivity contribution in [2.75, 3.05) is 0 Å². The lowest BCUT2D eigenvalue weighted by atomic mass is 10.3. The van der Waals surface area contributed by atoms with E-state index in [1.165, 1.54) is 6.92 Å². The third kappa shape index (κ3) is 2.84. The second-order valence-corrected chi connectivity index (χ2v) is 6.06. The molecule has 0 fully saturated rings. The van der Waals surface area contributed by atoms with Crippen LogP contribution in [-0.4, -0.2) is 9.78 Å². The number of hydrogen-bond acceptors (Lipinski definition) is 2. The van der Waals surface area contributed by atoms with Gasteiger partial charge in [0, 0.05) is 5.69 Å². The van der Waals surface area contributed by atoms with E-state index < -0.39 is 39.5 Å². The van der Waals surface area contributed by atoms with E-state index in [2.05, 4.69) is 5.10 Å². The highest BCUT2D eigenvalue weighted by atomic mass is 32.2. The van der Waals surface area contributed by atoms with Crippen LogP contribution in [0.15, 0.2) is 44.9 Å². The first-order valence-corrected chi connectivity index (χ1v) is 7.71. The number of H-pyrrole nitrogens is 1. The molecule has 3 nitrogen and oxygen atoms in total. The smallest absolute Gasteiger partial charge is 0.285 e. The molecule has 0 saturated heterocycles. The van der Waals surface area contributed by atoms with E-state index in [1.807, 2.05) is 0 Å². The van der Waals surface area contributed by atoms with Gasteiger partial charge in [-0.3, -0.25) is 9.89 Å². The highest BCUT2D eigenvalue weighted by molar-refractivity contribution is 7.99. The second kappa shape index (κ2) is 6.40. The first kappa shape index (κ1) is 17.3. The van der Waals surface area contributed by atoms with Crippen molar-refractivity contribution < 1.29 is 22.0 Å². The van der Waals surface area contributed by atoms with Crippen molar-refractivity contribution in [1.82, 2.24) is 9.78 Å². The Morgan fingerprint density at radius 2 is 1.36 bits per heavy atom. The van der Waals surface area contributed by atoms with Gasteiger partial charge in [-0.2, -0.15) is 0 Å². The number of nitrogens with zero attached hydrogens (tertiary/aromatic N) is 1. The Morgan fingerprint density at radius 1 is 0.840 bits per heavy atom. The number of rotatable bonds is 3. The predicted octanol–water partition coefficient (Wildman–Crippen LogP) is 4.32.